The van der Waals surface area contributed by atoms with E-state index in [9.17, 15) is 14.7 Å². The van der Waals surface area contributed by atoms with Crippen LogP contribution in [0.25, 0.3) is 0 Å². The Labute approximate surface area is 155 Å². The van der Waals surface area contributed by atoms with E-state index >= 15 is 0 Å². The summed E-state index contributed by atoms with van der Waals surface area (Å²) in [4.78, 5) is 29.8. The molecule has 4 saturated heterocycles. The monoisotopic (exact) mass is 365 g/mol. The second-order valence-electron chi connectivity index (χ2n) is 8.41. The molecule has 0 aromatic rings. The number of hydrogen-bond donors (Lipinski definition) is 1. The first-order valence-corrected chi connectivity index (χ1v) is 10.2. The van der Waals surface area contributed by atoms with Crippen LogP contribution in [0.2, 0.25) is 0 Å². The Balaban J connectivity index is 1.42. The zero-order valence-electron chi connectivity index (χ0n) is 15.9. The van der Waals surface area contributed by atoms with Gasteiger partial charge in [-0.05, 0) is 38.5 Å². The molecule has 26 heavy (non-hydrogen) atoms. The summed E-state index contributed by atoms with van der Waals surface area (Å²) in [6.45, 7) is 7.45. The summed E-state index contributed by atoms with van der Waals surface area (Å²) in [7, 11) is 0. The highest BCUT2D eigenvalue weighted by Gasteiger charge is 2.55. The minimum atomic E-state index is -0.765. The molecule has 146 valence electrons. The molecule has 4 atom stereocenters. The molecule has 0 aromatic carbocycles. The number of ether oxygens (including phenoxy) is 1. The molecule has 4 heterocycles. The van der Waals surface area contributed by atoms with Crippen molar-refractivity contribution in [2.24, 2.45) is 5.92 Å². The number of fused-ring (bicyclic) bond motifs is 3. The van der Waals surface area contributed by atoms with Crippen molar-refractivity contribution < 1.29 is 19.4 Å². The Morgan fingerprint density at radius 1 is 1.27 bits per heavy atom. The van der Waals surface area contributed by atoms with Crippen molar-refractivity contribution in [2.75, 3.05) is 26.2 Å². The van der Waals surface area contributed by atoms with Crippen molar-refractivity contribution in [2.45, 2.75) is 76.1 Å². The van der Waals surface area contributed by atoms with Crippen LogP contribution < -0.4 is 0 Å². The number of piperidine rings is 3. The van der Waals surface area contributed by atoms with Crippen LogP contribution in [0.15, 0.2) is 0 Å². The first-order chi connectivity index (χ1) is 12.5. The van der Waals surface area contributed by atoms with Crippen LogP contribution in [0, 0.1) is 5.92 Å². The number of carbonyl (C=O) groups is 2. The number of carbonyl (C=O) groups excluding carboxylic acids is 1. The Morgan fingerprint density at radius 2 is 2.00 bits per heavy atom. The third-order valence-electron chi connectivity index (χ3n) is 7.40. The first-order valence-electron chi connectivity index (χ1n) is 10.2. The minimum absolute atomic E-state index is 0.151. The smallest absolute Gasteiger partial charge is 0.410 e. The normalized spacial score (nSPS) is 36.6. The lowest BCUT2D eigenvalue weighted by molar-refractivity contribution is -0.0658. The lowest BCUT2D eigenvalue weighted by Gasteiger charge is -2.53. The molecule has 2 bridgehead atoms. The Bertz CT molecular complexity index is 575. The maximum Gasteiger partial charge on any atom is 0.410 e. The van der Waals surface area contributed by atoms with Gasteiger partial charge < -0.3 is 19.6 Å². The average Bonchev–Trinajstić information content (AvgIpc) is 2.92. The number of carboxylic acid groups (broad SMARTS) is 1. The van der Waals surface area contributed by atoms with Gasteiger partial charge in [0.05, 0.1) is 6.04 Å². The standard InChI is InChI=1S/C19H31N3O4/c1-3-16-19(26-18(25)21(16)4-2)7-9-20(10-8-19)15-11-14-6-5-13(15)12-22(14)17(23)24/h13-16H,3-12H2,1-2H3,(H,23,24). The second kappa shape index (κ2) is 6.59. The van der Waals surface area contributed by atoms with E-state index in [0.717, 1.165) is 51.6 Å². The molecule has 2 amide bonds. The topological polar surface area (TPSA) is 73.3 Å². The summed E-state index contributed by atoms with van der Waals surface area (Å²) in [5.74, 6) is 0.449. The fraction of sp³-hybridized carbons (Fsp3) is 0.895. The van der Waals surface area contributed by atoms with Gasteiger partial charge in [0.1, 0.15) is 5.60 Å². The van der Waals surface area contributed by atoms with Crippen LogP contribution in [0.5, 0.6) is 0 Å². The lowest BCUT2D eigenvalue weighted by atomic mass is 9.74. The molecule has 7 heteroatoms. The maximum absolute atomic E-state index is 12.3. The van der Waals surface area contributed by atoms with Crippen molar-refractivity contribution in [3.05, 3.63) is 0 Å². The predicted octanol–water partition coefficient (Wildman–Crippen LogP) is 2.60. The highest BCUT2D eigenvalue weighted by Crippen LogP contribution is 2.43. The maximum atomic E-state index is 12.3. The number of amides is 2. The van der Waals surface area contributed by atoms with E-state index < -0.39 is 6.09 Å². The van der Waals surface area contributed by atoms with Gasteiger partial charge in [-0.1, -0.05) is 6.92 Å². The van der Waals surface area contributed by atoms with Crippen LogP contribution in [0.4, 0.5) is 9.59 Å². The molecule has 1 N–H and O–H groups in total. The van der Waals surface area contributed by atoms with Gasteiger partial charge >= 0.3 is 12.2 Å². The van der Waals surface area contributed by atoms with Gasteiger partial charge in [0.25, 0.3) is 0 Å². The quantitative estimate of drug-likeness (QED) is 0.832. The minimum Gasteiger partial charge on any atom is -0.465 e. The summed E-state index contributed by atoms with van der Waals surface area (Å²) in [6.07, 6.45) is 4.90. The van der Waals surface area contributed by atoms with Crippen LogP contribution in [-0.2, 0) is 4.74 Å². The molecule has 5 rings (SSSR count). The number of rotatable bonds is 3. The van der Waals surface area contributed by atoms with E-state index in [1.165, 1.54) is 0 Å². The predicted molar refractivity (Wildman–Crippen MR) is 96.1 cm³/mol. The fourth-order valence-corrected chi connectivity index (χ4v) is 6.09. The van der Waals surface area contributed by atoms with E-state index in [1.807, 2.05) is 11.8 Å². The lowest BCUT2D eigenvalue weighted by Crippen LogP contribution is -2.62. The zero-order chi connectivity index (χ0) is 18.5. The first kappa shape index (κ1) is 17.9. The highest BCUT2D eigenvalue weighted by molar-refractivity contribution is 5.71. The van der Waals surface area contributed by atoms with Gasteiger partial charge in [0.15, 0.2) is 0 Å². The van der Waals surface area contributed by atoms with Crippen molar-refractivity contribution in [1.82, 2.24) is 14.7 Å². The largest absolute Gasteiger partial charge is 0.465 e. The fourth-order valence-electron chi connectivity index (χ4n) is 6.09. The van der Waals surface area contributed by atoms with Gasteiger partial charge in [0.2, 0.25) is 0 Å². The van der Waals surface area contributed by atoms with Crippen molar-refractivity contribution >= 4 is 12.2 Å². The van der Waals surface area contributed by atoms with E-state index in [-0.39, 0.29) is 23.8 Å². The summed E-state index contributed by atoms with van der Waals surface area (Å²) in [6, 6.07) is 0.857. The molecular formula is C19H31N3O4. The second-order valence-corrected chi connectivity index (χ2v) is 8.41. The zero-order valence-corrected chi connectivity index (χ0v) is 15.9. The third-order valence-corrected chi connectivity index (χ3v) is 7.40. The van der Waals surface area contributed by atoms with E-state index in [0.29, 0.717) is 25.0 Å². The molecule has 4 unspecified atom stereocenters. The third kappa shape index (κ3) is 2.66. The molecular weight excluding hydrogens is 334 g/mol. The molecule has 7 nitrogen and oxygen atoms in total. The van der Waals surface area contributed by atoms with Gasteiger partial charge in [-0.15, -0.1) is 0 Å². The molecule has 1 aliphatic carbocycles. The molecule has 1 saturated carbocycles. The van der Waals surface area contributed by atoms with Gasteiger partial charge in [-0.2, -0.15) is 0 Å². The SMILES string of the molecule is CCC1N(CC)C(=O)OC12CCN(C1CC3CCC1CN3C(=O)O)CC2. The van der Waals surface area contributed by atoms with E-state index in [1.54, 1.807) is 4.90 Å². The molecule has 1 spiro atoms. The Morgan fingerprint density at radius 3 is 2.54 bits per heavy atom. The number of likely N-dealkylation sites (tertiary alicyclic amines) is 1. The van der Waals surface area contributed by atoms with Gasteiger partial charge in [0, 0.05) is 51.1 Å². The number of likely N-dealkylation sites (N-methyl/N-ethyl adjacent to an activating group) is 1. The van der Waals surface area contributed by atoms with Crippen LogP contribution >= 0.6 is 0 Å². The average molecular weight is 365 g/mol. The van der Waals surface area contributed by atoms with Gasteiger partial charge in [-0.25, -0.2) is 9.59 Å². The van der Waals surface area contributed by atoms with Gasteiger partial charge in [-0.3, -0.25) is 4.90 Å². The Hall–Kier alpha value is -1.50. The van der Waals surface area contributed by atoms with Crippen LogP contribution in [0.3, 0.4) is 0 Å². The van der Waals surface area contributed by atoms with Crippen molar-refractivity contribution in [3.8, 4) is 0 Å². The molecule has 5 fully saturated rings. The summed E-state index contributed by atoms with van der Waals surface area (Å²) in [5.41, 5.74) is -0.320. The summed E-state index contributed by atoms with van der Waals surface area (Å²) < 4.78 is 5.92. The summed E-state index contributed by atoms with van der Waals surface area (Å²) in [5, 5.41) is 9.38. The van der Waals surface area contributed by atoms with E-state index in [4.69, 9.17) is 4.74 Å². The molecule has 0 aromatic heterocycles. The Kier molecular flexibility index (Phi) is 4.53. The molecule has 0 radical (unpaired) electrons. The van der Waals surface area contributed by atoms with Crippen LogP contribution in [-0.4, -0.2) is 81.9 Å². The summed E-state index contributed by atoms with van der Waals surface area (Å²) >= 11 is 0. The van der Waals surface area contributed by atoms with Crippen LogP contribution in [0.1, 0.15) is 52.4 Å². The number of hydrogen-bond acceptors (Lipinski definition) is 4. The van der Waals surface area contributed by atoms with E-state index in [2.05, 4.69) is 11.8 Å². The van der Waals surface area contributed by atoms with Crippen molar-refractivity contribution in [3.63, 3.8) is 0 Å². The number of nitrogens with zero attached hydrogens (tertiary/aromatic N) is 3. The molecule has 5 aliphatic rings. The molecule has 4 aliphatic heterocycles. The van der Waals surface area contributed by atoms with Crippen molar-refractivity contribution in [1.29, 1.82) is 0 Å². The highest BCUT2D eigenvalue weighted by atomic mass is 16.6.